The van der Waals surface area contributed by atoms with Crippen LogP contribution in [0.1, 0.15) is 34.8 Å². The monoisotopic (exact) mass is 282 g/mol. The smallest absolute Gasteiger partial charge is 0.271 e. The van der Waals surface area contributed by atoms with E-state index < -0.39 is 0 Å². The molecule has 2 amide bonds. The zero-order valence-electron chi connectivity index (χ0n) is 10.7. The van der Waals surface area contributed by atoms with Gasteiger partial charge in [0.15, 0.2) is 0 Å². The van der Waals surface area contributed by atoms with Gasteiger partial charge in [0.1, 0.15) is 10.7 Å². The molecule has 1 saturated heterocycles. The van der Waals surface area contributed by atoms with Crippen molar-refractivity contribution in [3.8, 4) is 0 Å². The zero-order valence-corrected chi connectivity index (χ0v) is 11.5. The van der Waals surface area contributed by atoms with Crippen LogP contribution < -0.4 is 11.1 Å². The third-order valence-electron chi connectivity index (χ3n) is 3.07. The van der Waals surface area contributed by atoms with Gasteiger partial charge in [0.25, 0.3) is 5.91 Å². The quantitative estimate of drug-likeness (QED) is 0.833. The van der Waals surface area contributed by atoms with Crippen LogP contribution in [0, 0.1) is 0 Å². The molecule has 0 bridgehead atoms. The largest absolute Gasteiger partial charge is 0.342 e. The summed E-state index contributed by atoms with van der Waals surface area (Å²) < 4.78 is 0. The number of nitrogens with one attached hydrogen (secondary N) is 1. The van der Waals surface area contributed by atoms with E-state index in [1.165, 1.54) is 17.8 Å². The molecule has 0 atom stereocenters. The highest BCUT2D eigenvalue weighted by Gasteiger charge is 2.18. The normalized spacial score (nSPS) is 15.3. The minimum atomic E-state index is -0.318. The summed E-state index contributed by atoms with van der Waals surface area (Å²) in [6, 6.07) is 0. The number of amides is 2. The molecule has 0 spiro atoms. The van der Waals surface area contributed by atoms with Crippen LogP contribution in [0.25, 0.3) is 0 Å². The van der Waals surface area contributed by atoms with Gasteiger partial charge < -0.3 is 16.0 Å². The van der Waals surface area contributed by atoms with Gasteiger partial charge in [-0.3, -0.25) is 9.59 Å². The average molecular weight is 282 g/mol. The van der Waals surface area contributed by atoms with Crippen LogP contribution in [-0.2, 0) is 11.3 Å². The van der Waals surface area contributed by atoms with E-state index in [0.717, 1.165) is 25.9 Å². The van der Waals surface area contributed by atoms with E-state index in [9.17, 15) is 9.59 Å². The van der Waals surface area contributed by atoms with Gasteiger partial charge in [-0.25, -0.2) is 4.98 Å². The number of hydrogen-bond donors (Lipinski definition) is 2. The lowest BCUT2D eigenvalue weighted by Gasteiger charge is -2.26. The SMILES string of the molecule is NCc1nc(C(=O)NCC(=O)N2CCCCC2)cs1. The lowest BCUT2D eigenvalue weighted by molar-refractivity contribution is -0.130. The van der Waals surface area contributed by atoms with Crippen molar-refractivity contribution >= 4 is 23.2 Å². The Morgan fingerprint density at radius 3 is 2.74 bits per heavy atom. The number of nitrogens with two attached hydrogens (primary N) is 1. The van der Waals surface area contributed by atoms with Gasteiger partial charge in [-0.15, -0.1) is 11.3 Å². The Balaban J connectivity index is 1.80. The van der Waals surface area contributed by atoms with Crippen LogP contribution in [-0.4, -0.2) is 41.3 Å². The van der Waals surface area contributed by atoms with Crippen LogP contribution in [0.2, 0.25) is 0 Å². The molecule has 19 heavy (non-hydrogen) atoms. The number of carbonyl (C=O) groups is 2. The van der Waals surface area contributed by atoms with Crippen molar-refractivity contribution in [1.82, 2.24) is 15.2 Å². The molecular formula is C12H18N4O2S. The number of piperidine rings is 1. The summed E-state index contributed by atoms with van der Waals surface area (Å²) in [6.45, 7) is 1.95. The van der Waals surface area contributed by atoms with E-state index in [2.05, 4.69) is 10.3 Å². The molecule has 1 aromatic rings. The van der Waals surface area contributed by atoms with Crippen LogP contribution in [0.3, 0.4) is 0 Å². The standard InChI is InChI=1S/C12H18N4O2S/c13-6-10-15-9(8-19-10)12(18)14-7-11(17)16-4-2-1-3-5-16/h8H,1-7,13H2,(H,14,18). The van der Waals surface area contributed by atoms with Crippen LogP contribution >= 0.6 is 11.3 Å². The van der Waals surface area contributed by atoms with E-state index in [0.29, 0.717) is 17.2 Å². The van der Waals surface area contributed by atoms with Crippen molar-refractivity contribution in [1.29, 1.82) is 0 Å². The fraction of sp³-hybridized carbons (Fsp3) is 0.583. The molecule has 1 aromatic heterocycles. The first kappa shape index (κ1) is 14.0. The summed E-state index contributed by atoms with van der Waals surface area (Å²) >= 11 is 1.35. The third kappa shape index (κ3) is 3.74. The Kier molecular flexibility index (Phi) is 4.86. The van der Waals surface area contributed by atoms with Crippen molar-refractivity contribution in [3.63, 3.8) is 0 Å². The predicted octanol–water partition coefficient (Wildman–Crippen LogP) is 0.344. The molecule has 1 aliphatic rings. The topological polar surface area (TPSA) is 88.3 Å². The van der Waals surface area contributed by atoms with E-state index in [-0.39, 0.29) is 18.4 Å². The summed E-state index contributed by atoms with van der Waals surface area (Å²) in [7, 11) is 0. The molecule has 6 nitrogen and oxygen atoms in total. The minimum absolute atomic E-state index is 0.0256. The molecule has 2 rings (SSSR count). The lowest BCUT2D eigenvalue weighted by Crippen LogP contribution is -2.42. The number of thiazole rings is 1. The second kappa shape index (κ2) is 6.63. The van der Waals surface area contributed by atoms with E-state index in [4.69, 9.17) is 5.73 Å². The summed E-state index contributed by atoms with van der Waals surface area (Å²) in [5, 5.41) is 4.98. The number of carbonyl (C=O) groups excluding carboxylic acids is 2. The molecule has 0 aromatic carbocycles. The molecule has 3 N–H and O–H groups in total. The van der Waals surface area contributed by atoms with Gasteiger partial charge in [0, 0.05) is 25.0 Å². The summed E-state index contributed by atoms with van der Waals surface area (Å²) in [4.78, 5) is 29.5. The Morgan fingerprint density at radius 2 is 2.11 bits per heavy atom. The van der Waals surface area contributed by atoms with Crippen LogP contribution in [0.15, 0.2) is 5.38 Å². The first-order valence-electron chi connectivity index (χ1n) is 6.41. The Bertz CT molecular complexity index is 454. The Labute approximate surface area is 116 Å². The van der Waals surface area contributed by atoms with E-state index >= 15 is 0 Å². The summed E-state index contributed by atoms with van der Waals surface area (Å²) in [5.41, 5.74) is 5.77. The molecule has 2 heterocycles. The Hall–Kier alpha value is -1.47. The van der Waals surface area contributed by atoms with Crippen molar-refractivity contribution in [2.45, 2.75) is 25.8 Å². The zero-order chi connectivity index (χ0) is 13.7. The van der Waals surface area contributed by atoms with Gasteiger partial charge in [0.2, 0.25) is 5.91 Å². The first-order valence-corrected chi connectivity index (χ1v) is 7.29. The number of likely N-dealkylation sites (tertiary alicyclic amines) is 1. The highest BCUT2D eigenvalue weighted by atomic mass is 32.1. The van der Waals surface area contributed by atoms with Crippen molar-refractivity contribution in [3.05, 3.63) is 16.1 Å². The second-order valence-corrected chi connectivity index (χ2v) is 5.40. The summed E-state index contributed by atoms with van der Waals surface area (Å²) in [6.07, 6.45) is 3.27. The van der Waals surface area contributed by atoms with Crippen molar-refractivity contribution < 1.29 is 9.59 Å². The number of hydrogen-bond acceptors (Lipinski definition) is 5. The Morgan fingerprint density at radius 1 is 1.37 bits per heavy atom. The fourth-order valence-electron chi connectivity index (χ4n) is 2.01. The first-order chi connectivity index (χ1) is 9.20. The highest BCUT2D eigenvalue weighted by Crippen LogP contribution is 2.09. The van der Waals surface area contributed by atoms with Crippen LogP contribution in [0.4, 0.5) is 0 Å². The highest BCUT2D eigenvalue weighted by molar-refractivity contribution is 7.09. The maximum Gasteiger partial charge on any atom is 0.271 e. The van der Waals surface area contributed by atoms with Gasteiger partial charge in [-0.05, 0) is 19.3 Å². The average Bonchev–Trinajstić information content (AvgIpc) is 2.94. The maximum absolute atomic E-state index is 11.9. The van der Waals surface area contributed by atoms with Gasteiger partial charge in [-0.1, -0.05) is 0 Å². The fourth-order valence-corrected chi connectivity index (χ4v) is 2.67. The van der Waals surface area contributed by atoms with E-state index in [1.807, 2.05) is 0 Å². The van der Waals surface area contributed by atoms with Crippen LogP contribution in [0.5, 0.6) is 0 Å². The van der Waals surface area contributed by atoms with E-state index in [1.54, 1.807) is 10.3 Å². The molecule has 0 radical (unpaired) electrons. The third-order valence-corrected chi connectivity index (χ3v) is 3.94. The molecule has 0 unspecified atom stereocenters. The molecule has 0 aliphatic carbocycles. The second-order valence-electron chi connectivity index (χ2n) is 4.45. The minimum Gasteiger partial charge on any atom is -0.342 e. The lowest BCUT2D eigenvalue weighted by atomic mass is 10.1. The van der Waals surface area contributed by atoms with Gasteiger partial charge in [0.05, 0.1) is 6.54 Å². The molecule has 104 valence electrons. The summed E-state index contributed by atoms with van der Waals surface area (Å²) in [5.74, 6) is -0.344. The molecule has 0 saturated carbocycles. The van der Waals surface area contributed by atoms with Crippen molar-refractivity contribution in [2.24, 2.45) is 5.73 Å². The van der Waals surface area contributed by atoms with Gasteiger partial charge >= 0.3 is 0 Å². The predicted molar refractivity (Wildman–Crippen MR) is 72.8 cm³/mol. The number of nitrogens with zero attached hydrogens (tertiary/aromatic N) is 2. The molecule has 1 aliphatic heterocycles. The number of aromatic nitrogens is 1. The van der Waals surface area contributed by atoms with Gasteiger partial charge in [-0.2, -0.15) is 0 Å². The molecule has 1 fully saturated rings. The molecular weight excluding hydrogens is 264 g/mol. The van der Waals surface area contributed by atoms with Crippen molar-refractivity contribution in [2.75, 3.05) is 19.6 Å². The maximum atomic E-state index is 11.9. The number of rotatable bonds is 4. The molecule has 7 heteroatoms.